The molecule has 0 saturated heterocycles. The number of carbonyl (C=O) groups is 2. The Morgan fingerprint density at radius 3 is 2.26 bits per heavy atom. The highest BCUT2D eigenvalue weighted by atomic mass is 16.5. The van der Waals surface area contributed by atoms with Gasteiger partial charge in [0, 0.05) is 30.5 Å². The van der Waals surface area contributed by atoms with Gasteiger partial charge in [-0.15, -0.1) is 5.10 Å². The molecule has 0 aliphatic carbocycles. The van der Waals surface area contributed by atoms with Crippen molar-refractivity contribution in [3.63, 3.8) is 0 Å². The molecule has 0 fully saturated rings. The van der Waals surface area contributed by atoms with E-state index in [4.69, 9.17) is 9.47 Å². The van der Waals surface area contributed by atoms with Gasteiger partial charge in [-0.25, -0.2) is 4.68 Å². The predicted octanol–water partition coefficient (Wildman–Crippen LogP) is 3.01. The maximum absolute atomic E-state index is 13.7. The number of hydrogen-bond acceptors (Lipinski definition) is 6. The van der Waals surface area contributed by atoms with E-state index in [-0.39, 0.29) is 11.8 Å². The molecule has 2 heterocycles. The van der Waals surface area contributed by atoms with Crippen LogP contribution in [0.3, 0.4) is 0 Å². The van der Waals surface area contributed by atoms with Gasteiger partial charge in [0.15, 0.2) is 0 Å². The SMILES string of the molecule is CCN(C)CC(=O)N(C)c1ccc(N2CCc3c(OC)nn(-c4ccc(OC)cc4)c3C2=O)cc1. The molecule has 0 saturated carbocycles. The average Bonchev–Trinajstić information content (AvgIpc) is 3.28. The molecule has 0 N–H and O–H groups in total. The van der Waals surface area contributed by atoms with Crippen LogP contribution in [0.1, 0.15) is 23.0 Å². The second kappa shape index (κ2) is 10.2. The summed E-state index contributed by atoms with van der Waals surface area (Å²) >= 11 is 0. The van der Waals surface area contributed by atoms with Gasteiger partial charge in [-0.3, -0.25) is 14.5 Å². The van der Waals surface area contributed by atoms with Crippen molar-refractivity contribution in [1.82, 2.24) is 14.7 Å². The number of anilines is 2. The zero-order valence-corrected chi connectivity index (χ0v) is 20.8. The van der Waals surface area contributed by atoms with E-state index < -0.39 is 0 Å². The lowest BCUT2D eigenvalue weighted by molar-refractivity contribution is -0.119. The number of nitrogens with zero attached hydrogens (tertiary/aromatic N) is 5. The molecule has 0 spiro atoms. The highest BCUT2D eigenvalue weighted by Crippen LogP contribution is 2.33. The summed E-state index contributed by atoms with van der Waals surface area (Å²) in [5.41, 5.74) is 3.56. The molecular weight excluding hydrogens is 446 g/mol. The Bertz CT molecular complexity index is 1200. The minimum absolute atomic E-state index is 0.0104. The maximum Gasteiger partial charge on any atom is 0.277 e. The number of rotatable bonds is 8. The van der Waals surface area contributed by atoms with E-state index in [1.165, 1.54) is 0 Å². The zero-order chi connectivity index (χ0) is 25.1. The Kier molecular flexibility index (Phi) is 7.07. The smallest absolute Gasteiger partial charge is 0.277 e. The van der Waals surface area contributed by atoms with Crippen LogP contribution in [-0.4, -0.2) is 74.4 Å². The lowest BCUT2D eigenvalue weighted by Crippen LogP contribution is -2.39. The third-order valence-corrected chi connectivity index (χ3v) is 6.36. The molecule has 0 unspecified atom stereocenters. The van der Waals surface area contributed by atoms with Crippen LogP contribution in [0, 0.1) is 0 Å². The number of aromatic nitrogens is 2. The van der Waals surface area contributed by atoms with Crippen LogP contribution in [0.4, 0.5) is 11.4 Å². The Hall–Kier alpha value is -3.85. The zero-order valence-electron chi connectivity index (χ0n) is 20.8. The fourth-order valence-electron chi connectivity index (χ4n) is 4.10. The molecular formula is C26H31N5O4. The van der Waals surface area contributed by atoms with Crippen molar-refractivity contribution in [2.45, 2.75) is 13.3 Å². The topological polar surface area (TPSA) is 80.1 Å². The van der Waals surface area contributed by atoms with Gasteiger partial charge in [0.25, 0.3) is 5.91 Å². The maximum atomic E-state index is 13.7. The van der Waals surface area contributed by atoms with Gasteiger partial charge >= 0.3 is 0 Å². The van der Waals surface area contributed by atoms with Crippen molar-refractivity contribution in [2.24, 2.45) is 0 Å². The summed E-state index contributed by atoms with van der Waals surface area (Å²) in [6.07, 6.45) is 0.615. The summed E-state index contributed by atoms with van der Waals surface area (Å²) < 4.78 is 12.4. The number of methoxy groups -OCH3 is 2. The molecule has 184 valence electrons. The molecule has 2 amide bonds. The molecule has 1 aliphatic rings. The molecule has 0 atom stereocenters. The summed E-state index contributed by atoms with van der Waals surface area (Å²) in [6, 6.07) is 14.8. The van der Waals surface area contributed by atoms with Gasteiger partial charge < -0.3 is 19.3 Å². The molecule has 9 nitrogen and oxygen atoms in total. The Morgan fingerprint density at radius 1 is 1.00 bits per heavy atom. The molecule has 1 aliphatic heterocycles. The summed E-state index contributed by atoms with van der Waals surface area (Å²) in [6.45, 7) is 3.67. The molecule has 3 aromatic rings. The molecule has 9 heteroatoms. The molecule has 2 aromatic carbocycles. The largest absolute Gasteiger partial charge is 0.497 e. The van der Waals surface area contributed by atoms with Gasteiger partial charge in [-0.05, 0) is 68.5 Å². The summed E-state index contributed by atoms with van der Waals surface area (Å²) in [7, 11) is 6.85. The average molecular weight is 478 g/mol. The standard InChI is InChI=1S/C26H31N5O4/c1-6-28(2)17-23(32)29(3)18-7-9-19(10-8-18)30-16-15-22-24(26(30)33)31(27-25(22)35-5)20-11-13-21(34-4)14-12-20/h7-14H,6,15-17H2,1-5H3. The van der Waals surface area contributed by atoms with Crippen LogP contribution in [-0.2, 0) is 11.2 Å². The summed E-state index contributed by atoms with van der Waals surface area (Å²) in [5, 5.41) is 4.56. The number of hydrogen-bond donors (Lipinski definition) is 0. The van der Waals surface area contributed by atoms with Crippen molar-refractivity contribution in [3.8, 4) is 17.3 Å². The van der Waals surface area contributed by atoms with Crippen molar-refractivity contribution >= 4 is 23.2 Å². The predicted molar refractivity (Wildman–Crippen MR) is 135 cm³/mol. The molecule has 35 heavy (non-hydrogen) atoms. The number of likely N-dealkylation sites (N-methyl/N-ethyl adjacent to an activating group) is 2. The number of fused-ring (bicyclic) bond motifs is 1. The third-order valence-electron chi connectivity index (χ3n) is 6.36. The lowest BCUT2D eigenvalue weighted by Gasteiger charge is -2.28. The first kappa shape index (κ1) is 24.3. The van der Waals surface area contributed by atoms with Crippen LogP contribution < -0.4 is 19.3 Å². The van der Waals surface area contributed by atoms with E-state index in [9.17, 15) is 9.59 Å². The fourth-order valence-corrected chi connectivity index (χ4v) is 4.10. The number of carbonyl (C=O) groups excluding carboxylic acids is 2. The van der Waals surface area contributed by atoms with Crippen LogP contribution in [0.15, 0.2) is 48.5 Å². The van der Waals surface area contributed by atoms with Gasteiger partial charge in [0.2, 0.25) is 11.8 Å². The van der Waals surface area contributed by atoms with E-state index in [2.05, 4.69) is 5.10 Å². The van der Waals surface area contributed by atoms with Crippen molar-refractivity contribution in [2.75, 3.05) is 57.7 Å². The van der Waals surface area contributed by atoms with E-state index in [1.54, 1.807) is 35.7 Å². The van der Waals surface area contributed by atoms with Crippen LogP contribution >= 0.6 is 0 Å². The van der Waals surface area contributed by atoms with Crippen LogP contribution in [0.25, 0.3) is 5.69 Å². The normalized spacial score (nSPS) is 13.1. The minimum Gasteiger partial charge on any atom is -0.497 e. The summed E-state index contributed by atoms with van der Waals surface area (Å²) in [4.78, 5) is 31.5. The Labute approximate surface area is 205 Å². The van der Waals surface area contributed by atoms with Gasteiger partial charge in [0.1, 0.15) is 11.4 Å². The highest BCUT2D eigenvalue weighted by Gasteiger charge is 2.34. The van der Waals surface area contributed by atoms with Crippen molar-refractivity contribution < 1.29 is 19.1 Å². The van der Waals surface area contributed by atoms with E-state index in [0.717, 1.165) is 34.9 Å². The van der Waals surface area contributed by atoms with Crippen molar-refractivity contribution in [1.29, 1.82) is 0 Å². The number of amides is 2. The van der Waals surface area contributed by atoms with Crippen LogP contribution in [0.2, 0.25) is 0 Å². The highest BCUT2D eigenvalue weighted by molar-refractivity contribution is 6.08. The van der Waals surface area contributed by atoms with E-state index in [1.807, 2.05) is 67.4 Å². The molecule has 4 rings (SSSR count). The van der Waals surface area contributed by atoms with Gasteiger partial charge in [-0.1, -0.05) is 6.92 Å². The quantitative estimate of drug-likeness (QED) is 0.496. The van der Waals surface area contributed by atoms with Crippen LogP contribution in [0.5, 0.6) is 11.6 Å². The molecule has 0 bridgehead atoms. The monoisotopic (exact) mass is 477 g/mol. The molecule has 1 aromatic heterocycles. The van der Waals surface area contributed by atoms with E-state index >= 15 is 0 Å². The van der Waals surface area contributed by atoms with Crippen molar-refractivity contribution in [3.05, 3.63) is 59.8 Å². The minimum atomic E-state index is -0.153. The first-order chi connectivity index (χ1) is 16.9. The number of ether oxygens (including phenoxy) is 2. The van der Waals surface area contributed by atoms with Gasteiger partial charge in [0.05, 0.1) is 26.5 Å². The first-order valence-corrected chi connectivity index (χ1v) is 11.5. The first-order valence-electron chi connectivity index (χ1n) is 11.5. The van der Waals surface area contributed by atoms with E-state index in [0.29, 0.717) is 31.1 Å². The Morgan fingerprint density at radius 2 is 1.66 bits per heavy atom. The Balaban J connectivity index is 1.60. The molecule has 0 radical (unpaired) electrons. The second-order valence-electron chi connectivity index (χ2n) is 8.45. The third kappa shape index (κ3) is 4.72. The lowest BCUT2D eigenvalue weighted by atomic mass is 10.0. The van der Waals surface area contributed by atoms with Gasteiger partial charge in [-0.2, -0.15) is 0 Å². The number of benzene rings is 2. The second-order valence-corrected chi connectivity index (χ2v) is 8.45. The fraction of sp³-hybridized carbons (Fsp3) is 0.346. The summed E-state index contributed by atoms with van der Waals surface area (Å²) in [5.74, 6) is 1.03.